The normalized spacial score (nSPS) is 9.54. The molecule has 0 aliphatic heterocycles. The van der Waals surface area contributed by atoms with E-state index in [1.54, 1.807) is 0 Å². The van der Waals surface area contributed by atoms with Gasteiger partial charge in [0.15, 0.2) is 144 Å². The molecule has 28 nitrogen and oxygen atoms in total. The molecular formula is C69H77BBr2Cl2F12LiN8O20. The Labute approximate surface area is 693 Å². The third kappa shape index (κ3) is 30.5. The average molecular weight is 1810 g/mol. The molecule has 0 atom stereocenters. The van der Waals surface area contributed by atoms with Gasteiger partial charge in [-0.1, -0.05) is 46.7 Å². The van der Waals surface area contributed by atoms with Gasteiger partial charge in [0.2, 0.25) is 22.3 Å². The smallest absolute Gasteiger partial charge is 1.00 e. The molecule has 0 bridgehead atoms. The van der Waals surface area contributed by atoms with Crippen molar-refractivity contribution in [2.45, 2.75) is 45.3 Å². The van der Waals surface area contributed by atoms with Gasteiger partial charge in [-0.05, 0) is 29.3 Å². The van der Waals surface area contributed by atoms with Crippen molar-refractivity contribution < 1.29 is 170 Å². The number of anilines is 1. The molecule has 6 aromatic carbocycles. The summed E-state index contributed by atoms with van der Waals surface area (Å²) in [5.74, 6) is -16.5. The number of aromatic nitrogens is 6. The van der Waals surface area contributed by atoms with Crippen LogP contribution in [0.25, 0.3) is 0 Å². The second-order valence-corrected chi connectivity index (χ2v) is 21.4. The predicted octanol–water partition coefficient (Wildman–Crippen LogP) is 11.8. The number of nitrogens with zero attached hydrogens (tertiary/aromatic N) is 6. The minimum absolute atomic E-state index is 0. The van der Waals surface area contributed by atoms with Crippen LogP contribution in [0.15, 0.2) is 73.6 Å². The number of carboxylic acid groups (broad SMARTS) is 1. The van der Waals surface area contributed by atoms with Crippen molar-refractivity contribution in [1.29, 1.82) is 0 Å². The average Bonchev–Trinajstić information content (AvgIpc) is 0.738. The molecule has 0 aliphatic carbocycles. The number of aliphatic hydroxyl groups is 1. The van der Waals surface area contributed by atoms with Gasteiger partial charge in [0.05, 0.1) is 128 Å². The number of benzene rings is 6. The van der Waals surface area contributed by atoms with Crippen LogP contribution in [0.5, 0.6) is 80.5 Å². The van der Waals surface area contributed by atoms with Crippen molar-refractivity contribution in [3.05, 3.63) is 193 Å². The molecule has 9 rings (SSSR count). The number of aromatic hydroxyl groups is 1. The number of alkyl halides is 2. The zero-order valence-electron chi connectivity index (χ0n) is 62.4. The zero-order valence-corrected chi connectivity index (χ0v) is 66.1. The van der Waals surface area contributed by atoms with Crippen molar-refractivity contribution in [2.75, 3.05) is 91.1 Å². The first-order valence-electron chi connectivity index (χ1n) is 29.3. The molecule has 3 aromatic heterocycles. The molecule has 10 N–H and O–H groups in total. The number of methoxy groups -OCH3 is 12. The summed E-state index contributed by atoms with van der Waals surface area (Å²) in [7, 11) is 14.6. The van der Waals surface area contributed by atoms with Gasteiger partial charge in [-0.2, -0.15) is 4.39 Å². The van der Waals surface area contributed by atoms with Crippen LogP contribution in [0.4, 0.5) is 58.6 Å². The first-order chi connectivity index (χ1) is 51.8. The summed E-state index contributed by atoms with van der Waals surface area (Å²) in [4.78, 5) is 43.7. The van der Waals surface area contributed by atoms with Crippen LogP contribution >= 0.6 is 55.1 Å². The molecule has 3 heterocycles. The van der Waals surface area contributed by atoms with Crippen LogP contribution in [-0.4, -0.2) is 156 Å². The molecule has 0 aliphatic rings. The summed E-state index contributed by atoms with van der Waals surface area (Å²) in [6.07, 6.45) is 7.89. The molecule has 3 radical (unpaired) electrons. The fourth-order valence-corrected chi connectivity index (χ4v) is 8.97. The van der Waals surface area contributed by atoms with Crippen molar-refractivity contribution in [3.8, 4) is 80.5 Å². The Hall–Kier alpha value is -10.3. The molecule has 9 aromatic rings. The summed E-state index contributed by atoms with van der Waals surface area (Å²) >= 11 is 17.0. The fourth-order valence-electron chi connectivity index (χ4n) is 7.88. The van der Waals surface area contributed by atoms with Gasteiger partial charge < -0.3 is 100 Å². The summed E-state index contributed by atoms with van der Waals surface area (Å²) in [5, 5.41) is 26.4. The first-order valence-corrected chi connectivity index (χ1v) is 32.3. The third-order valence-corrected chi connectivity index (χ3v) is 14.9. The number of carbonyl (C=O) groups is 2. The molecule has 0 unspecified atom stereocenters. The second-order valence-electron chi connectivity index (χ2n) is 19.6. The Morgan fingerprint density at radius 1 is 0.435 bits per heavy atom. The van der Waals surface area contributed by atoms with Gasteiger partial charge in [-0.15, -0.1) is 0 Å². The zero-order chi connectivity index (χ0) is 82.1. The molecule has 629 valence electrons. The molecule has 0 fully saturated rings. The van der Waals surface area contributed by atoms with Crippen molar-refractivity contribution >= 4 is 81.4 Å². The molecule has 46 heteroatoms. The van der Waals surface area contributed by atoms with E-state index in [4.69, 9.17) is 77.4 Å². The van der Waals surface area contributed by atoms with Crippen molar-refractivity contribution in [2.24, 2.45) is 0 Å². The maximum absolute atomic E-state index is 14.1. The van der Waals surface area contributed by atoms with E-state index < -0.39 is 111 Å². The van der Waals surface area contributed by atoms with E-state index >= 15 is 0 Å². The SMILES string of the molecule is C.C.COC(=O)c1c(F)c(OC)cc(OC)c1F.COc1cc(CBr)c(F)c(OCc2cnc(Cl)nc2)c1F.COc1cc(OC)c(F)c(C(=O)O)c1F.COc1cc(OC)c(F)c(CBr)c1F.COc1cc(OC)c(F)c(CO)c1F.COc1cc(OC)c(F)c(COc2cnc(N)nc2)c1F.N.O.Oc1cnc(Cl)nc1.[B].[H-].[Li+]. The van der Waals surface area contributed by atoms with E-state index in [9.17, 15) is 62.3 Å². The van der Waals surface area contributed by atoms with E-state index in [-0.39, 0.29) is 187 Å². The maximum atomic E-state index is 14.1. The molecule has 0 saturated heterocycles. The van der Waals surface area contributed by atoms with Gasteiger partial charge in [0, 0.05) is 78.5 Å². The Bertz CT molecular complexity index is 4180. The van der Waals surface area contributed by atoms with E-state index in [0.29, 0.717) is 5.56 Å². The number of aliphatic hydroxyl groups excluding tert-OH is 1. The summed E-state index contributed by atoms with van der Waals surface area (Å²) < 4.78 is 230. The monoisotopic (exact) mass is 1810 g/mol. The topological polar surface area (TPSA) is 394 Å². The van der Waals surface area contributed by atoms with Crippen LogP contribution < -0.4 is 92.3 Å². The molecular weight excluding hydrogens is 1740 g/mol. The number of rotatable bonds is 22. The summed E-state index contributed by atoms with van der Waals surface area (Å²) in [6, 6.07) is 6.62. The number of carboxylic acids is 1. The minimum Gasteiger partial charge on any atom is -1.00 e. The van der Waals surface area contributed by atoms with Gasteiger partial charge in [-0.25, -0.2) is 87.8 Å². The van der Waals surface area contributed by atoms with E-state index in [1.165, 1.54) is 113 Å². The number of nitrogens with two attached hydrogens (primary N) is 1. The van der Waals surface area contributed by atoms with Gasteiger partial charge in [0.1, 0.15) is 24.3 Å². The standard InChI is InChI=1S/C13H10BrClF2N2O2.C13H13F2N3O3.C10H10F2O4.C9H9BrF2O2.C9H8F2O4.C9H10F2O3.C4H3ClN2O.2CH4.B.Li.H3N.H2O.H/c1-20-9-2-8(3-14)10(16)12(11(9)17)21-6-7-4-18-13(15)19-5-7;1-19-9-3-10(20-2)12(15)8(11(9)14)6-21-7-4-17-13(16)18-5-7;1-14-5-4-6(15-2)9(12)7(8(5)11)10(13)16-3;1-13-6-3-7(14-2)9(12)5(4-10)8(6)11;1-14-4-3-5(15-2)8(11)6(7(4)10)9(12)13;1-13-6-3-7(14-2)9(11)5(4-12)8(6)10;5-4-6-1-3(8)2-7-4;;;;;;;/h2,4-5H,3,6H2,1H3;3-5H,6H2,1-2H3,(H2,16,17,18);4H,1-3H3;3H,4H2,1-2H3;3H,1-2H3,(H,12,13);3,12H,4H2,1-2H3;1-2,8H;2*1H4;;;1H3;1H2;/q;;;;;;;;;;+1;;;-1. The van der Waals surface area contributed by atoms with E-state index in [0.717, 1.165) is 45.6 Å². The van der Waals surface area contributed by atoms with Gasteiger partial charge >= 0.3 is 30.8 Å². The number of carbonyl (C=O) groups excluding carboxylic acids is 1. The first kappa shape index (κ1) is 111. The Morgan fingerprint density at radius 2 is 0.739 bits per heavy atom. The molecule has 115 heavy (non-hydrogen) atoms. The molecule has 0 spiro atoms. The van der Waals surface area contributed by atoms with E-state index in [2.05, 4.69) is 94.9 Å². The number of hydrogen-bond donors (Lipinski definition) is 5. The largest absolute Gasteiger partial charge is 1.00 e. The number of esters is 1. The number of nitrogen functional groups attached to an aromatic ring is 1. The fraction of sp³-hybridized carbons (Fsp3) is 0.275. The van der Waals surface area contributed by atoms with Crippen LogP contribution in [-0.2, 0) is 35.2 Å². The Kier molecular flexibility index (Phi) is 53.4. The second kappa shape index (κ2) is 55.3. The van der Waals surface area contributed by atoms with Crippen molar-refractivity contribution in [3.63, 3.8) is 0 Å². The Balaban J connectivity index is -0.000000414. The molecule has 0 saturated carbocycles. The van der Waals surface area contributed by atoms with Crippen LogP contribution in [0, 0.1) is 69.8 Å². The summed E-state index contributed by atoms with van der Waals surface area (Å²) in [6.45, 7) is -1.22. The van der Waals surface area contributed by atoms with Crippen LogP contribution in [0.1, 0.15) is 64.8 Å². The number of halogens is 16. The molecule has 0 amide bonds. The van der Waals surface area contributed by atoms with Gasteiger partial charge in [-0.3, -0.25) is 0 Å². The number of hydrogen-bond acceptors (Lipinski definition) is 26. The van der Waals surface area contributed by atoms with Gasteiger partial charge in [0.25, 0.3) is 0 Å². The summed E-state index contributed by atoms with van der Waals surface area (Å²) in [5.41, 5.74) is 3.29. The number of aromatic carboxylic acids is 1. The third-order valence-electron chi connectivity index (χ3n) is 13.3. The predicted molar refractivity (Wildman–Crippen MR) is 400 cm³/mol. The minimum atomic E-state index is -1.72. The Morgan fingerprint density at radius 3 is 1.03 bits per heavy atom. The van der Waals surface area contributed by atoms with Crippen LogP contribution in [0.2, 0.25) is 10.6 Å². The van der Waals surface area contributed by atoms with E-state index in [1.807, 2.05) is 0 Å². The van der Waals surface area contributed by atoms with Crippen molar-refractivity contribution in [1.82, 2.24) is 36.1 Å². The van der Waals surface area contributed by atoms with Crippen LogP contribution in [0.3, 0.4) is 0 Å². The number of ether oxygens (including phenoxy) is 14. The quantitative estimate of drug-likeness (QED) is 0.0138. The maximum Gasteiger partial charge on any atom is 1.00 e.